The number of para-hydroxylation sites is 2. The number of ether oxygens (including phenoxy) is 2. The number of morpholine rings is 1. The SMILES string of the molecule is COc1ccccc1N1CC(C)(C2CCNC2)OCC1=O. The zero-order valence-electron chi connectivity index (χ0n) is 12.6. The zero-order chi connectivity index (χ0) is 14.9. The zero-order valence-corrected chi connectivity index (χ0v) is 12.6. The van der Waals surface area contributed by atoms with E-state index in [0.717, 1.165) is 30.9 Å². The van der Waals surface area contributed by atoms with E-state index in [4.69, 9.17) is 9.47 Å². The van der Waals surface area contributed by atoms with Crippen LogP contribution in [0.1, 0.15) is 13.3 Å². The van der Waals surface area contributed by atoms with Crippen molar-refractivity contribution in [3.05, 3.63) is 24.3 Å². The summed E-state index contributed by atoms with van der Waals surface area (Å²) in [5, 5.41) is 3.38. The van der Waals surface area contributed by atoms with Gasteiger partial charge in [-0.05, 0) is 32.0 Å². The monoisotopic (exact) mass is 290 g/mol. The molecule has 3 rings (SSSR count). The molecule has 0 radical (unpaired) electrons. The molecule has 2 fully saturated rings. The van der Waals surface area contributed by atoms with Crippen molar-refractivity contribution < 1.29 is 14.3 Å². The smallest absolute Gasteiger partial charge is 0.253 e. The Bertz CT molecular complexity index is 528. The fraction of sp³-hybridized carbons (Fsp3) is 0.562. The second kappa shape index (κ2) is 5.66. The van der Waals surface area contributed by atoms with E-state index < -0.39 is 0 Å². The third-order valence-electron chi connectivity index (χ3n) is 4.60. The van der Waals surface area contributed by atoms with E-state index in [1.807, 2.05) is 24.3 Å². The van der Waals surface area contributed by atoms with Crippen LogP contribution in [0.5, 0.6) is 5.75 Å². The van der Waals surface area contributed by atoms with Crippen molar-refractivity contribution in [2.75, 3.05) is 38.3 Å². The maximum Gasteiger partial charge on any atom is 0.253 e. The van der Waals surface area contributed by atoms with Crippen molar-refractivity contribution >= 4 is 11.6 Å². The first kappa shape index (κ1) is 14.4. The van der Waals surface area contributed by atoms with Crippen LogP contribution in [0, 0.1) is 5.92 Å². The van der Waals surface area contributed by atoms with E-state index in [9.17, 15) is 4.79 Å². The molecule has 1 N–H and O–H groups in total. The maximum atomic E-state index is 12.3. The molecule has 0 bridgehead atoms. The second-order valence-electron chi connectivity index (χ2n) is 5.94. The second-order valence-corrected chi connectivity index (χ2v) is 5.94. The highest BCUT2D eigenvalue weighted by atomic mass is 16.5. The Morgan fingerprint density at radius 2 is 2.24 bits per heavy atom. The van der Waals surface area contributed by atoms with Crippen molar-refractivity contribution in [1.82, 2.24) is 5.32 Å². The molecule has 114 valence electrons. The van der Waals surface area contributed by atoms with Crippen LogP contribution in [0.15, 0.2) is 24.3 Å². The van der Waals surface area contributed by atoms with Gasteiger partial charge >= 0.3 is 0 Å². The Morgan fingerprint density at radius 1 is 1.43 bits per heavy atom. The number of methoxy groups -OCH3 is 1. The first-order valence-electron chi connectivity index (χ1n) is 7.42. The van der Waals surface area contributed by atoms with Crippen LogP contribution in [0.25, 0.3) is 0 Å². The van der Waals surface area contributed by atoms with Gasteiger partial charge in [-0.1, -0.05) is 12.1 Å². The minimum Gasteiger partial charge on any atom is -0.495 e. The number of hydrogen-bond donors (Lipinski definition) is 1. The van der Waals surface area contributed by atoms with Gasteiger partial charge in [-0.25, -0.2) is 0 Å². The van der Waals surface area contributed by atoms with Crippen LogP contribution in [0.3, 0.4) is 0 Å². The predicted molar refractivity (Wildman–Crippen MR) is 80.7 cm³/mol. The Kier molecular flexibility index (Phi) is 3.87. The third-order valence-corrected chi connectivity index (χ3v) is 4.60. The van der Waals surface area contributed by atoms with Crippen LogP contribution in [0.4, 0.5) is 5.69 Å². The standard InChI is InChI=1S/C16H22N2O3/c1-16(12-7-8-17-9-12)11-18(15(19)10-21-16)13-5-3-4-6-14(13)20-2/h3-6,12,17H,7-11H2,1-2H3. The molecule has 2 saturated heterocycles. The summed E-state index contributed by atoms with van der Waals surface area (Å²) in [6.07, 6.45) is 1.09. The normalized spacial score (nSPS) is 29.7. The van der Waals surface area contributed by atoms with Gasteiger partial charge in [0, 0.05) is 12.5 Å². The molecule has 2 aliphatic heterocycles. The van der Waals surface area contributed by atoms with E-state index in [1.165, 1.54) is 0 Å². The highest BCUT2D eigenvalue weighted by Gasteiger charge is 2.44. The molecule has 1 aromatic rings. The summed E-state index contributed by atoms with van der Waals surface area (Å²) in [4.78, 5) is 14.1. The number of amides is 1. The molecule has 1 amide bonds. The average molecular weight is 290 g/mol. The number of carbonyl (C=O) groups is 1. The summed E-state index contributed by atoms with van der Waals surface area (Å²) in [5.41, 5.74) is 0.517. The van der Waals surface area contributed by atoms with Crippen LogP contribution < -0.4 is 15.0 Å². The maximum absolute atomic E-state index is 12.3. The van der Waals surface area contributed by atoms with E-state index in [0.29, 0.717) is 12.5 Å². The van der Waals surface area contributed by atoms with Gasteiger partial charge < -0.3 is 19.7 Å². The Hall–Kier alpha value is -1.59. The molecule has 2 heterocycles. The largest absolute Gasteiger partial charge is 0.495 e. The number of carbonyl (C=O) groups excluding carboxylic acids is 1. The van der Waals surface area contributed by atoms with Gasteiger partial charge in [-0.2, -0.15) is 0 Å². The lowest BCUT2D eigenvalue weighted by Crippen LogP contribution is -2.57. The summed E-state index contributed by atoms with van der Waals surface area (Å²) in [7, 11) is 1.63. The number of nitrogens with zero attached hydrogens (tertiary/aromatic N) is 1. The summed E-state index contributed by atoms with van der Waals surface area (Å²) in [5.74, 6) is 1.14. The Morgan fingerprint density at radius 3 is 2.95 bits per heavy atom. The highest BCUT2D eigenvalue weighted by molar-refractivity contribution is 5.96. The molecule has 21 heavy (non-hydrogen) atoms. The molecule has 5 heteroatoms. The van der Waals surface area contributed by atoms with Crippen LogP contribution in [0.2, 0.25) is 0 Å². The highest BCUT2D eigenvalue weighted by Crippen LogP contribution is 2.36. The minimum absolute atomic E-state index is 0.0112. The average Bonchev–Trinajstić information content (AvgIpc) is 3.05. The number of benzene rings is 1. The first-order valence-corrected chi connectivity index (χ1v) is 7.42. The van der Waals surface area contributed by atoms with Gasteiger partial charge in [0.2, 0.25) is 0 Å². The quantitative estimate of drug-likeness (QED) is 0.915. The van der Waals surface area contributed by atoms with Gasteiger partial charge in [0.15, 0.2) is 0 Å². The molecular weight excluding hydrogens is 268 g/mol. The molecule has 1 aromatic carbocycles. The van der Waals surface area contributed by atoms with Gasteiger partial charge in [0.25, 0.3) is 5.91 Å². The minimum atomic E-state index is -0.307. The molecule has 0 aliphatic carbocycles. The molecule has 0 saturated carbocycles. The van der Waals surface area contributed by atoms with E-state index in [2.05, 4.69) is 12.2 Å². The van der Waals surface area contributed by atoms with Gasteiger partial charge in [0.1, 0.15) is 12.4 Å². The van der Waals surface area contributed by atoms with E-state index in [1.54, 1.807) is 12.0 Å². The van der Waals surface area contributed by atoms with Crippen molar-refractivity contribution in [1.29, 1.82) is 0 Å². The predicted octanol–water partition coefficient (Wildman–Crippen LogP) is 1.43. The summed E-state index contributed by atoms with van der Waals surface area (Å²) in [6.45, 7) is 4.78. The fourth-order valence-electron chi connectivity index (χ4n) is 3.25. The van der Waals surface area contributed by atoms with Gasteiger partial charge in [-0.3, -0.25) is 4.79 Å². The van der Waals surface area contributed by atoms with Crippen molar-refractivity contribution in [3.8, 4) is 5.75 Å². The van der Waals surface area contributed by atoms with E-state index >= 15 is 0 Å². The first-order chi connectivity index (χ1) is 10.1. The third kappa shape index (κ3) is 2.63. The Balaban J connectivity index is 1.88. The molecule has 2 atom stereocenters. The fourth-order valence-corrected chi connectivity index (χ4v) is 3.25. The number of anilines is 1. The molecular formula is C16H22N2O3. The molecule has 2 unspecified atom stereocenters. The summed E-state index contributed by atoms with van der Waals surface area (Å²) >= 11 is 0. The van der Waals surface area contributed by atoms with Crippen LogP contribution in [-0.2, 0) is 9.53 Å². The van der Waals surface area contributed by atoms with Crippen molar-refractivity contribution in [3.63, 3.8) is 0 Å². The lowest BCUT2D eigenvalue weighted by atomic mass is 9.86. The number of rotatable bonds is 3. The molecule has 0 spiro atoms. The number of hydrogen-bond acceptors (Lipinski definition) is 4. The lowest BCUT2D eigenvalue weighted by Gasteiger charge is -2.43. The van der Waals surface area contributed by atoms with Crippen LogP contribution in [-0.4, -0.2) is 44.9 Å². The van der Waals surface area contributed by atoms with Gasteiger partial charge in [-0.15, -0.1) is 0 Å². The summed E-state index contributed by atoms with van der Waals surface area (Å²) in [6, 6.07) is 7.64. The van der Waals surface area contributed by atoms with E-state index in [-0.39, 0.29) is 18.1 Å². The molecule has 0 aromatic heterocycles. The van der Waals surface area contributed by atoms with Crippen molar-refractivity contribution in [2.24, 2.45) is 5.92 Å². The number of nitrogens with one attached hydrogen (secondary N) is 1. The van der Waals surface area contributed by atoms with Crippen LogP contribution >= 0.6 is 0 Å². The topological polar surface area (TPSA) is 50.8 Å². The molecule has 5 nitrogen and oxygen atoms in total. The Labute approximate surface area is 125 Å². The van der Waals surface area contributed by atoms with Gasteiger partial charge in [0.05, 0.1) is 24.9 Å². The summed E-state index contributed by atoms with van der Waals surface area (Å²) < 4.78 is 11.3. The lowest BCUT2D eigenvalue weighted by molar-refractivity contribution is -0.142. The molecule has 2 aliphatic rings. The van der Waals surface area contributed by atoms with Crippen molar-refractivity contribution in [2.45, 2.75) is 18.9 Å².